The van der Waals surface area contributed by atoms with Crippen LogP contribution < -0.4 is 10.1 Å². The molecule has 0 fully saturated rings. The fourth-order valence-corrected chi connectivity index (χ4v) is 2.58. The van der Waals surface area contributed by atoms with Crippen LogP contribution in [0.25, 0.3) is 0 Å². The molecule has 120 valence electrons. The second-order valence-electron chi connectivity index (χ2n) is 5.20. The van der Waals surface area contributed by atoms with Crippen molar-refractivity contribution in [2.45, 2.75) is 5.92 Å². The molecule has 0 bridgehead atoms. The van der Waals surface area contributed by atoms with Crippen molar-refractivity contribution in [2.75, 3.05) is 13.2 Å². The van der Waals surface area contributed by atoms with Crippen LogP contribution in [0.15, 0.2) is 48.5 Å². The lowest BCUT2D eigenvalue weighted by molar-refractivity contribution is -0.149. The number of esters is 1. The molecular weight excluding hydrogens is 306 g/mol. The highest BCUT2D eigenvalue weighted by atomic mass is 16.5. The maximum atomic E-state index is 12.6. The summed E-state index contributed by atoms with van der Waals surface area (Å²) in [6.07, 6.45) is 5.07. The first-order valence-electron chi connectivity index (χ1n) is 7.43. The van der Waals surface area contributed by atoms with Gasteiger partial charge in [0.1, 0.15) is 17.4 Å². The van der Waals surface area contributed by atoms with Gasteiger partial charge in [0.15, 0.2) is 6.61 Å². The standard InChI is InChI=1S/C19H15NO4/c1-2-11-20-17(21)12-23-19(22)18-13-7-3-5-9-15(13)24-16-10-6-4-8-14(16)18/h1,3-10,18H,11-12H2,(H,20,21). The van der Waals surface area contributed by atoms with Crippen LogP contribution in [0, 0.1) is 12.3 Å². The number of rotatable bonds is 4. The first-order valence-corrected chi connectivity index (χ1v) is 7.43. The van der Waals surface area contributed by atoms with Crippen LogP contribution in [0.1, 0.15) is 17.0 Å². The second-order valence-corrected chi connectivity index (χ2v) is 5.20. The van der Waals surface area contributed by atoms with Crippen molar-refractivity contribution in [2.24, 2.45) is 0 Å². The lowest BCUT2D eigenvalue weighted by Crippen LogP contribution is -2.30. The number of terminal acetylenes is 1. The van der Waals surface area contributed by atoms with Crippen LogP contribution in [0.4, 0.5) is 0 Å². The van der Waals surface area contributed by atoms with Gasteiger partial charge in [0.2, 0.25) is 0 Å². The summed E-state index contributed by atoms with van der Waals surface area (Å²) in [7, 11) is 0. The summed E-state index contributed by atoms with van der Waals surface area (Å²) < 4.78 is 11.0. The van der Waals surface area contributed by atoms with Gasteiger partial charge in [-0.25, -0.2) is 0 Å². The molecule has 3 rings (SSSR count). The quantitative estimate of drug-likeness (QED) is 0.693. The van der Waals surface area contributed by atoms with E-state index in [1.165, 1.54) is 0 Å². The van der Waals surface area contributed by atoms with Crippen molar-refractivity contribution in [3.05, 3.63) is 59.7 Å². The van der Waals surface area contributed by atoms with Crippen LogP contribution in [0.3, 0.4) is 0 Å². The third-order valence-electron chi connectivity index (χ3n) is 3.65. The van der Waals surface area contributed by atoms with Crippen LogP contribution in [0.2, 0.25) is 0 Å². The predicted molar refractivity (Wildman–Crippen MR) is 87.6 cm³/mol. The molecule has 1 amide bonds. The van der Waals surface area contributed by atoms with E-state index in [2.05, 4.69) is 11.2 Å². The Morgan fingerprint density at radius 2 is 1.67 bits per heavy atom. The van der Waals surface area contributed by atoms with Gasteiger partial charge in [-0.15, -0.1) is 6.42 Å². The Labute approximate surface area is 139 Å². The summed E-state index contributed by atoms with van der Waals surface area (Å²) in [5, 5.41) is 2.45. The van der Waals surface area contributed by atoms with Gasteiger partial charge in [-0.05, 0) is 12.1 Å². The summed E-state index contributed by atoms with van der Waals surface area (Å²) in [6.45, 7) is -0.276. The number of hydrogen-bond acceptors (Lipinski definition) is 4. The average Bonchev–Trinajstić information content (AvgIpc) is 2.62. The van der Waals surface area contributed by atoms with Gasteiger partial charge in [0.25, 0.3) is 5.91 Å². The van der Waals surface area contributed by atoms with Gasteiger partial charge in [-0.3, -0.25) is 9.59 Å². The molecule has 0 radical (unpaired) electrons. The van der Waals surface area contributed by atoms with E-state index >= 15 is 0 Å². The summed E-state index contributed by atoms with van der Waals surface area (Å²) in [6, 6.07) is 14.6. The maximum Gasteiger partial charge on any atom is 0.318 e. The molecule has 1 heterocycles. The van der Waals surface area contributed by atoms with E-state index in [1.807, 2.05) is 36.4 Å². The highest BCUT2D eigenvalue weighted by Gasteiger charge is 2.33. The molecule has 24 heavy (non-hydrogen) atoms. The Hall–Kier alpha value is -3.26. The van der Waals surface area contributed by atoms with Crippen molar-refractivity contribution in [3.8, 4) is 23.8 Å². The molecule has 5 heteroatoms. The van der Waals surface area contributed by atoms with Crippen LogP contribution in [-0.2, 0) is 14.3 Å². The van der Waals surface area contributed by atoms with Crippen molar-refractivity contribution in [1.29, 1.82) is 0 Å². The number of hydrogen-bond donors (Lipinski definition) is 1. The van der Waals surface area contributed by atoms with E-state index < -0.39 is 17.8 Å². The van der Waals surface area contributed by atoms with Gasteiger partial charge in [-0.2, -0.15) is 0 Å². The number of para-hydroxylation sites is 2. The minimum atomic E-state index is -0.633. The number of carbonyl (C=O) groups is 2. The molecule has 0 saturated heterocycles. The highest BCUT2D eigenvalue weighted by Crippen LogP contribution is 2.44. The summed E-state index contributed by atoms with van der Waals surface area (Å²) >= 11 is 0. The number of benzene rings is 2. The lowest BCUT2D eigenvalue weighted by atomic mass is 9.88. The molecule has 2 aromatic rings. The normalized spacial score (nSPS) is 12.1. The number of carbonyl (C=O) groups excluding carboxylic acids is 2. The topological polar surface area (TPSA) is 64.6 Å². The zero-order valence-corrected chi connectivity index (χ0v) is 12.8. The molecule has 0 unspecified atom stereocenters. The molecule has 0 aliphatic carbocycles. The minimum absolute atomic E-state index is 0.0965. The van der Waals surface area contributed by atoms with Crippen LogP contribution >= 0.6 is 0 Å². The maximum absolute atomic E-state index is 12.6. The van der Waals surface area contributed by atoms with Crippen molar-refractivity contribution in [3.63, 3.8) is 0 Å². The van der Waals surface area contributed by atoms with Crippen LogP contribution in [0.5, 0.6) is 11.5 Å². The van der Waals surface area contributed by atoms with Gasteiger partial charge in [0.05, 0.1) is 6.54 Å². The molecule has 1 aliphatic heterocycles. The van der Waals surface area contributed by atoms with E-state index in [0.717, 1.165) is 0 Å². The third kappa shape index (κ3) is 3.08. The molecule has 0 aromatic heterocycles. The zero-order valence-electron chi connectivity index (χ0n) is 12.8. The first-order chi connectivity index (χ1) is 11.7. The summed E-state index contributed by atoms with van der Waals surface area (Å²) in [4.78, 5) is 24.2. The van der Waals surface area contributed by atoms with E-state index in [4.69, 9.17) is 15.9 Å². The highest BCUT2D eigenvalue weighted by molar-refractivity contribution is 5.87. The first kappa shape index (κ1) is 15.6. The van der Waals surface area contributed by atoms with E-state index in [9.17, 15) is 9.59 Å². The second kappa shape index (κ2) is 6.88. The largest absolute Gasteiger partial charge is 0.457 e. The van der Waals surface area contributed by atoms with E-state index in [0.29, 0.717) is 22.6 Å². The van der Waals surface area contributed by atoms with Gasteiger partial charge in [-0.1, -0.05) is 42.3 Å². The molecular formula is C19H15NO4. The Morgan fingerprint density at radius 1 is 1.08 bits per heavy atom. The number of ether oxygens (including phenoxy) is 2. The molecule has 0 spiro atoms. The predicted octanol–water partition coefficient (Wildman–Crippen LogP) is 2.22. The monoisotopic (exact) mass is 321 g/mol. The van der Waals surface area contributed by atoms with Gasteiger partial charge >= 0.3 is 5.97 Å². The average molecular weight is 321 g/mol. The van der Waals surface area contributed by atoms with Gasteiger partial charge in [0, 0.05) is 11.1 Å². The Balaban J connectivity index is 1.83. The number of amides is 1. The van der Waals surface area contributed by atoms with Crippen molar-refractivity contribution in [1.82, 2.24) is 5.32 Å². The molecule has 0 atom stereocenters. The summed E-state index contributed by atoms with van der Waals surface area (Å²) in [5.41, 5.74) is 1.43. The molecule has 1 aliphatic rings. The number of fused-ring (bicyclic) bond motifs is 2. The molecule has 0 saturated carbocycles. The third-order valence-corrected chi connectivity index (χ3v) is 3.65. The van der Waals surface area contributed by atoms with Gasteiger partial charge < -0.3 is 14.8 Å². The Morgan fingerprint density at radius 3 is 2.25 bits per heavy atom. The van der Waals surface area contributed by atoms with Crippen molar-refractivity contribution >= 4 is 11.9 Å². The fourth-order valence-electron chi connectivity index (χ4n) is 2.58. The smallest absolute Gasteiger partial charge is 0.318 e. The number of nitrogens with one attached hydrogen (secondary N) is 1. The van der Waals surface area contributed by atoms with E-state index in [1.54, 1.807) is 12.1 Å². The van der Waals surface area contributed by atoms with E-state index in [-0.39, 0.29) is 13.2 Å². The zero-order chi connectivity index (χ0) is 16.9. The SMILES string of the molecule is C#CCNC(=O)COC(=O)C1c2ccccc2Oc2ccccc21. The Bertz CT molecular complexity index is 777. The van der Waals surface area contributed by atoms with Crippen LogP contribution in [-0.4, -0.2) is 25.0 Å². The fraction of sp³-hybridized carbons (Fsp3) is 0.158. The molecule has 1 N–H and O–H groups in total. The molecule has 2 aromatic carbocycles. The lowest BCUT2D eigenvalue weighted by Gasteiger charge is -2.26. The molecule has 5 nitrogen and oxygen atoms in total. The summed E-state index contributed by atoms with van der Waals surface area (Å²) in [5.74, 6) is 1.93. The minimum Gasteiger partial charge on any atom is -0.457 e. The van der Waals surface area contributed by atoms with Crippen molar-refractivity contribution < 1.29 is 19.1 Å². The Kier molecular flexibility index (Phi) is 4.48.